The van der Waals surface area contributed by atoms with Crippen molar-refractivity contribution < 1.29 is 24.1 Å². The van der Waals surface area contributed by atoms with Crippen molar-refractivity contribution >= 4 is 12.0 Å². The molecule has 0 aromatic heterocycles. The van der Waals surface area contributed by atoms with E-state index in [1.54, 1.807) is 36.4 Å². The molecule has 2 rings (SSSR count). The summed E-state index contributed by atoms with van der Waals surface area (Å²) in [6.07, 6.45) is 5.36. The van der Waals surface area contributed by atoms with Crippen LogP contribution < -0.4 is 14.2 Å². The van der Waals surface area contributed by atoms with Crippen LogP contribution in [0.5, 0.6) is 23.0 Å². The average Bonchev–Trinajstić information content (AvgIpc) is 2.62. The van der Waals surface area contributed by atoms with E-state index in [1.165, 1.54) is 26.4 Å². The van der Waals surface area contributed by atoms with Crippen LogP contribution in [0.1, 0.15) is 11.1 Å². The summed E-state index contributed by atoms with van der Waals surface area (Å²) >= 11 is 0. The van der Waals surface area contributed by atoms with Gasteiger partial charge in [-0.25, -0.2) is 4.79 Å². The summed E-state index contributed by atoms with van der Waals surface area (Å²) < 4.78 is 15.6. The number of phenols is 1. The van der Waals surface area contributed by atoms with Gasteiger partial charge in [0.2, 0.25) is 0 Å². The molecule has 0 saturated carbocycles. The molecule has 0 unspecified atom stereocenters. The molecule has 130 valence electrons. The van der Waals surface area contributed by atoms with Crippen molar-refractivity contribution in [1.29, 1.82) is 0 Å². The SMILES string of the molecule is C=CCc1ccc(OC(=O)/C=C/c2ccc(O)c(OC)c2)c(OC)c1. The van der Waals surface area contributed by atoms with Gasteiger partial charge < -0.3 is 19.3 Å². The Morgan fingerprint density at radius 3 is 2.52 bits per heavy atom. The average molecular weight is 340 g/mol. The summed E-state index contributed by atoms with van der Waals surface area (Å²) in [5.74, 6) is 0.643. The Morgan fingerprint density at radius 1 is 1.08 bits per heavy atom. The number of rotatable bonds is 7. The van der Waals surface area contributed by atoms with Gasteiger partial charge in [-0.3, -0.25) is 0 Å². The quantitative estimate of drug-likeness (QED) is 0.360. The number of carbonyl (C=O) groups is 1. The Kier molecular flexibility index (Phi) is 6.23. The van der Waals surface area contributed by atoms with E-state index in [9.17, 15) is 9.90 Å². The summed E-state index contributed by atoms with van der Waals surface area (Å²) in [6.45, 7) is 3.69. The molecule has 0 aliphatic heterocycles. The Balaban J connectivity index is 2.10. The van der Waals surface area contributed by atoms with Crippen LogP contribution >= 0.6 is 0 Å². The Morgan fingerprint density at radius 2 is 1.84 bits per heavy atom. The lowest BCUT2D eigenvalue weighted by atomic mass is 10.1. The summed E-state index contributed by atoms with van der Waals surface area (Å²) in [4.78, 5) is 12.0. The molecule has 0 atom stereocenters. The third-order valence-corrected chi connectivity index (χ3v) is 3.43. The van der Waals surface area contributed by atoms with Crippen molar-refractivity contribution in [3.8, 4) is 23.0 Å². The smallest absolute Gasteiger partial charge is 0.336 e. The van der Waals surface area contributed by atoms with E-state index >= 15 is 0 Å². The van der Waals surface area contributed by atoms with Gasteiger partial charge in [0, 0.05) is 6.08 Å². The monoisotopic (exact) mass is 340 g/mol. The normalized spacial score (nSPS) is 10.5. The van der Waals surface area contributed by atoms with Gasteiger partial charge >= 0.3 is 5.97 Å². The zero-order valence-corrected chi connectivity index (χ0v) is 14.2. The van der Waals surface area contributed by atoms with Crippen molar-refractivity contribution in [3.63, 3.8) is 0 Å². The minimum absolute atomic E-state index is 0.0339. The number of phenolic OH excluding ortho intramolecular Hbond substituents is 1. The zero-order chi connectivity index (χ0) is 18.2. The Bertz CT molecular complexity index is 793. The lowest BCUT2D eigenvalue weighted by Crippen LogP contribution is -2.05. The molecular formula is C20H20O5. The van der Waals surface area contributed by atoms with Gasteiger partial charge in [0.1, 0.15) is 0 Å². The lowest BCUT2D eigenvalue weighted by Gasteiger charge is -2.09. The van der Waals surface area contributed by atoms with Crippen LogP contribution in [-0.2, 0) is 11.2 Å². The molecule has 5 heteroatoms. The van der Waals surface area contributed by atoms with Crippen LogP contribution in [0.15, 0.2) is 55.1 Å². The Labute approximate surface area is 146 Å². The molecule has 25 heavy (non-hydrogen) atoms. The number of allylic oxidation sites excluding steroid dienone is 1. The molecule has 0 fully saturated rings. The number of carbonyl (C=O) groups excluding carboxylic acids is 1. The number of methoxy groups -OCH3 is 2. The molecule has 0 saturated heterocycles. The second kappa shape index (κ2) is 8.59. The van der Waals surface area contributed by atoms with Gasteiger partial charge in [0.05, 0.1) is 14.2 Å². The van der Waals surface area contributed by atoms with Gasteiger partial charge in [0.15, 0.2) is 23.0 Å². The molecule has 0 aliphatic rings. The van der Waals surface area contributed by atoms with Gasteiger partial charge in [-0.15, -0.1) is 6.58 Å². The van der Waals surface area contributed by atoms with Gasteiger partial charge in [-0.2, -0.15) is 0 Å². The zero-order valence-electron chi connectivity index (χ0n) is 14.2. The van der Waals surface area contributed by atoms with Crippen LogP contribution in [0.3, 0.4) is 0 Å². The van der Waals surface area contributed by atoms with E-state index in [0.717, 1.165) is 5.56 Å². The highest BCUT2D eigenvalue weighted by Gasteiger charge is 2.09. The largest absolute Gasteiger partial charge is 0.504 e. The lowest BCUT2D eigenvalue weighted by molar-refractivity contribution is -0.129. The number of hydrogen-bond donors (Lipinski definition) is 1. The first-order valence-corrected chi connectivity index (χ1v) is 7.62. The first kappa shape index (κ1) is 18.1. The van der Waals surface area contributed by atoms with Gasteiger partial charge in [0.25, 0.3) is 0 Å². The van der Waals surface area contributed by atoms with Crippen LogP contribution in [0.4, 0.5) is 0 Å². The number of aromatic hydroxyl groups is 1. The second-order valence-electron chi connectivity index (χ2n) is 5.16. The number of esters is 1. The Hall–Kier alpha value is -3.21. The predicted octanol–water partition coefficient (Wildman–Crippen LogP) is 3.76. The minimum atomic E-state index is -0.540. The second-order valence-corrected chi connectivity index (χ2v) is 5.16. The summed E-state index contributed by atoms with van der Waals surface area (Å²) in [7, 11) is 2.97. The highest BCUT2D eigenvalue weighted by Crippen LogP contribution is 2.29. The van der Waals surface area contributed by atoms with Crippen molar-refractivity contribution in [1.82, 2.24) is 0 Å². The number of benzene rings is 2. The van der Waals surface area contributed by atoms with Crippen molar-refractivity contribution in [2.24, 2.45) is 0 Å². The number of hydrogen-bond acceptors (Lipinski definition) is 5. The molecular weight excluding hydrogens is 320 g/mol. The van der Waals surface area contributed by atoms with Crippen LogP contribution in [-0.4, -0.2) is 25.3 Å². The third kappa shape index (κ3) is 4.88. The van der Waals surface area contributed by atoms with Gasteiger partial charge in [-0.05, 0) is 47.9 Å². The van der Waals surface area contributed by atoms with E-state index in [4.69, 9.17) is 14.2 Å². The third-order valence-electron chi connectivity index (χ3n) is 3.43. The van der Waals surface area contributed by atoms with E-state index in [1.807, 2.05) is 6.07 Å². The first-order chi connectivity index (χ1) is 12.1. The first-order valence-electron chi connectivity index (χ1n) is 7.62. The topological polar surface area (TPSA) is 65.0 Å². The van der Waals surface area contributed by atoms with E-state index in [2.05, 4.69) is 6.58 Å². The molecule has 0 heterocycles. The maximum Gasteiger partial charge on any atom is 0.336 e. The summed E-state index contributed by atoms with van der Waals surface area (Å²) in [5, 5.41) is 9.56. The molecule has 2 aromatic carbocycles. The van der Waals surface area contributed by atoms with Crippen LogP contribution in [0.2, 0.25) is 0 Å². The fourth-order valence-electron chi connectivity index (χ4n) is 2.19. The van der Waals surface area contributed by atoms with Gasteiger partial charge in [-0.1, -0.05) is 18.2 Å². The van der Waals surface area contributed by atoms with E-state index in [0.29, 0.717) is 29.2 Å². The molecule has 0 bridgehead atoms. The maximum absolute atomic E-state index is 12.0. The fourth-order valence-corrected chi connectivity index (χ4v) is 2.19. The molecule has 0 radical (unpaired) electrons. The molecule has 0 amide bonds. The highest BCUT2D eigenvalue weighted by molar-refractivity contribution is 5.89. The number of ether oxygens (including phenoxy) is 3. The van der Waals surface area contributed by atoms with Crippen molar-refractivity contribution in [3.05, 3.63) is 66.3 Å². The molecule has 0 aliphatic carbocycles. The molecule has 2 aromatic rings. The maximum atomic E-state index is 12.0. The van der Waals surface area contributed by atoms with Crippen LogP contribution in [0, 0.1) is 0 Å². The van der Waals surface area contributed by atoms with Crippen molar-refractivity contribution in [2.75, 3.05) is 14.2 Å². The standard InChI is InChI=1S/C20H20O5/c1-4-5-14-7-10-17(19(13-14)24-3)25-20(22)11-8-15-6-9-16(21)18(12-15)23-2/h4,6-13,21H,1,5H2,2-3H3/b11-8+. The fraction of sp³-hybridized carbons (Fsp3) is 0.150. The predicted molar refractivity (Wildman–Crippen MR) is 96.2 cm³/mol. The molecule has 0 spiro atoms. The van der Waals surface area contributed by atoms with E-state index in [-0.39, 0.29) is 5.75 Å². The molecule has 5 nitrogen and oxygen atoms in total. The summed E-state index contributed by atoms with van der Waals surface area (Å²) in [5.41, 5.74) is 1.71. The molecule has 1 N–H and O–H groups in total. The van der Waals surface area contributed by atoms with Crippen LogP contribution in [0.25, 0.3) is 6.08 Å². The van der Waals surface area contributed by atoms with Crippen molar-refractivity contribution in [2.45, 2.75) is 6.42 Å². The summed E-state index contributed by atoms with van der Waals surface area (Å²) in [6, 6.07) is 10.1. The minimum Gasteiger partial charge on any atom is -0.504 e. The highest BCUT2D eigenvalue weighted by atomic mass is 16.6. The van der Waals surface area contributed by atoms with E-state index < -0.39 is 5.97 Å².